The molecule has 124 valence electrons. The van der Waals surface area contributed by atoms with Crippen LogP contribution >= 0.6 is 0 Å². The zero-order valence-corrected chi connectivity index (χ0v) is 13.7. The van der Waals surface area contributed by atoms with Crippen LogP contribution in [0, 0.1) is 0 Å². The van der Waals surface area contributed by atoms with Gasteiger partial charge >= 0.3 is 6.03 Å². The lowest BCUT2D eigenvalue weighted by Gasteiger charge is -2.17. The molecule has 0 fully saturated rings. The van der Waals surface area contributed by atoms with Crippen LogP contribution in [0.5, 0.6) is 5.75 Å². The van der Waals surface area contributed by atoms with Gasteiger partial charge < -0.3 is 20.3 Å². The first kappa shape index (κ1) is 16.8. The van der Waals surface area contributed by atoms with Crippen molar-refractivity contribution in [3.8, 4) is 5.75 Å². The van der Waals surface area contributed by atoms with E-state index in [9.17, 15) is 9.90 Å². The second-order valence-electron chi connectivity index (χ2n) is 5.75. The summed E-state index contributed by atoms with van der Waals surface area (Å²) in [4.78, 5) is 12.0. The highest BCUT2D eigenvalue weighted by Crippen LogP contribution is 2.12. The summed E-state index contributed by atoms with van der Waals surface area (Å²) >= 11 is 0. The summed E-state index contributed by atoms with van der Waals surface area (Å²) in [6.07, 6.45) is 3.25. The minimum atomic E-state index is -0.223. The van der Waals surface area contributed by atoms with E-state index in [0.717, 1.165) is 18.4 Å². The van der Waals surface area contributed by atoms with E-state index in [0.29, 0.717) is 5.82 Å². The van der Waals surface area contributed by atoms with Crippen LogP contribution < -0.4 is 10.6 Å². The SMILES string of the molecule is C[C@H](CCc1ccc(O)cc1)NC(=O)N[C@@H](C)c1nncn1C. The molecule has 2 rings (SSSR count). The first-order chi connectivity index (χ1) is 11.0. The maximum atomic E-state index is 12.0. The number of hydrogen-bond acceptors (Lipinski definition) is 4. The van der Waals surface area contributed by atoms with E-state index in [-0.39, 0.29) is 23.9 Å². The predicted molar refractivity (Wildman–Crippen MR) is 87.0 cm³/mol. The second kappa shape index (κ2) is 7.62. The minimum Gasteiger partial charge on any atom is -0.508 e. The summed E-state index contributed by atoms with van der Waals surface area (Å²) in [7, 11) is 1.84. The minimum absolute atomic E-state index is 0.0375. The van der Waals surface area contributed by atoms with E-state index in [1.807, 2.05) is 33.0 Å². The topological polar surface area (TPSA) is 92.1 Å². The van der Waals surface area contributed by atoms with Crippen LogP contribution in [-0.2, 0) is 13.5 Å². The molecule has 1 aromatic heterocycles. The van der Waals surface area contributed by atoms with Gasteiger partial charge in [0.2, 0.25) is 0 Å². The molecule has 1 heterocycles. The number of aromatic hydroxyl groups is 1. The molecule has 2 aromatic rings. The molecule has 7 heteroatoms. The Morgan fingerprint density at radius 3 is 2.57 bits per heavy atom. The average molecular weight is 317 g/mol. The number of phenols is 1. The second-order valence-corrected chi connectivity index (χ2v) is 5.75. The molecular weight excluding hydrogens is 294 g/mol. The summed E-state index contributed by atoms with van der Waals surface area (Å²) in [5, 5.41) is 22.8. The standard InChI is InChI=1S/C16H23N5O2/c1-11(4-5-13-6-8-14(22)9-7-13)18-16(23)19-12(2)15-20-17-10-21(15)3/h6-12,22H,4-5H2,1-3H3,(H2,18,19,23)/t11-,12+/m1/s1. The Labute approximate surface area is 135 Å². The summed E-state index contributed by atoms with van der Waals surface area (Å²) in [5.74, 6) is 0.967. The highest BCUT2D eigenvalue weighted by Gasteiger charge is 2.15. The lowest BCUT2D eigenvalue weighted by atomic mass is 10.1. The molecule has 0 unspecified atom stereocenters. The van der Waals surface area contributed by atoms with Crippen LogP contribution in [-0.4, -0.2) is 31.9 Å². The Morgan fingerprint density at radius 1 is 1.26 bits per heavy atom. The van der Waals surface area contributed by atoms with Crippen molar-refractivity contribution in [2.75, 3.05) is 0 Å². The fourth-order valence-electron chi connectivity index (χ4n) is 2.33. The number of urea groups is 1. The average Bonchev–Trinajstić information content (AvgIpc) is 2.92. The largest absolute Gasteiger partial charge is 0.508 e. The lowest BCUT2D eigenvalue weighted by Crippen LogP contribution is -2.42. The molecule has 0 saturated heterocycles. The Kier molecular flexibility index (Phi) is 5.56. The third kappa shape index (κ3) is 4.98. The molecule has 3 N–H and O–H groups in total. The maximum Gasteiger partial charge on any atom is 0.315 e. The molecule has 7 nitrogen and oxygen atoms in total. The molecule has 0 saturated carbocycles. The molecule has 2 amide bonds. The lowest BCUT2D eigenvalue weighted by molar-refractivity contribution is 0.233. The molecule has 1 aromatic carbocycles. The Bertz CT molecular complexity index is 638. The van der Waals surface area contributed by atoms with Crippen molar-refractivity contribution in [2.45, 2.75) is 38.8 Å². The number of hydrogen-bond donors (Lipinski definition) is 3. The fraction of sp³-hybridized carbons (Fsp3) is 0.438. The number of amides is 2. The monoisotopic (exact) mass is 317 g/mol. The van der Waals surface area contributed by atoms with Crippen molar-refractivity contribution in [2.24, 2.45) is 7.05 Å². The van der Waals surface area contributed by atoms with Gasteiger partial charge in [-0.25, -0.2) is 4.79 Å². The normalized spacial score (nSPS) is 13.3. The Morgan fingerprint density at radius 2 is 1.96 bits per heavy atom. The number of carbonyl (C=O) groups excluding carboxylic acids is 1. The Balaban J connectivity index is 1.76. The molecule has 0 aliphatic heterocycles. The number of aromatic nitrogens is 3. The zero-order valence-electron chi connectivity index (χ0n) is 13.7. The Hall–Kier alpha value is -2.57. The quantitative estimate of drug-likeness (QED) is 0.759. The van der Waals surface area contributed by atoms with Crippen LogP contribution in [0.25, 0.3) is 0 Å². The van der Waals surface area contributed by atoms with Crippen molar-refractivity contribution in [3.05, 3.63) is 42.0 Å². The van der Waals surface area contributed by atoms with Crippen molar-refractivity contribution < 1.29 is 9.90 Å². The molecule has 0 aliphatic rings. The van der Waals surface area contributed by atoms with Crippen LogP contribution in [0.2, 0.25) is 0 Å². The number of nitrogens with zero attached hydrogens (tertiary/aromatic N) is 3. The van der Waals surface area contributed by atoms with E-state index in [1.54, 1.807) is 23.0 Å². The third-order valence-corrected chi connectivity index (χ3v) is 3.66. The number of nitrogens with one attached hydrogen (secondary N) is 2. The first-order valence-corrected chi connectivity index (χ1v) is 7.64. The number of aryl methyl sites for hydroxylation is 2. The van der Waals surface area contributed by atoms with E-state index in [2.05, 4.69) is 20.8 Å². The van der Waals surface area contributed by atoms with Gasteiger partial charge in [-0.1, -0.05) is 12.1 Å². The molecule has 23 heavy (non-hydrogen) atoms. The summed E-state index contributed by atoms with van der Waals surface area (Å²) < 4.78 is 1.78. The molecule has 0 radical (unpaired) electrons. The van der Waals surface area contributed by atoms with Crippen LogP contribution in [0.4, 0.5) is 4.79 Å². The van der Waals surface area contributed by atoms with Crippen molar-refractivity contribution in [3.63, 3.8) is 0 Å². The van der Waals surface area contributed by atoms with Gasteiger partial charge in [-0.05, 0) is 44.4 Å². The van der Waals surface area contributed by atoms with E-state index >= 15 is 0 Å². The highest BCUT2D eigenvalue weighted by atomic mass is 16.3. The predicted octanol–water partition coefficient (Wildman–Crippen LogP) is 1.90. The van der Waals surface area contributed by atoms with Gasteiger partial charge in [-0.15, -0.1) is 10.2 Å². The molecule has 2 atom stereocenters. The van der Waals surface area contributed by atoms with Crippen molar-refractivity contribution in [1.29, 1.82) is 0 Å². The van der Waals surface area contributed by atoms with E-state index in [4.69, 9.17) is 0 Å². The zero-order chi connectivity index (χ0) is 16.8. The van der Waals surface area contributed by atoms with Gasteiger partial charge in [0.05, 0.1) is 6.04 Å². The summed E-state index contributed by atoms with van der Waals surface area (Å²) in [5.41, 5.74) is 1.13. The van der Waals surface area contributed by atoms with Gasteiger partial charge in [-0.3, -0.25) is 0 Å². The van der Waals surface area contributed by atoms with Crippen LogP contribution in [0.1, 0.15) is 37.7 Å². The van der Waals surface area contributed by atoms with E-state index < -0.39 is 0 Å². The highest BCUT2D eigenvalue weighted by molar-refractivity contribution is 5.74. The van der Waals surface area contributed by atoms with Crippen LogP contribution in [0.15, 0.2) is 30.6 Å². The molecule has 0 spiro atoms. The number of benzene rings is 1. The smallest absolute Gasteiger partial charge is 0.315 e. The first-order valence-electron chi connectivity index (χ1n) is 7.64. The third-order valence-electron chi connectivity index (χ3n) is 3.66. The van der Waals surface area contributed by atoms with Crippen molar-refractivity contribution >= 4 is 6.03 Å². The van der Waals surface area contributed by atoms with Gasteiger partial charge in [0, 0.05) is 13.1 Å². The van der Waals surface area contributed by atoms with Gasteiger partial charge in [0.15, 0.2) is 5.82 Å². The number of phenolic OH excluding ortho intramolecular Hbond substituents is 1. The number of rotatable bonds is 6. The maximum absolute atomic E-state index is 12.0. The fourth-order valence-corrected chi connectivity index (χ4v) is 2.33. The van der Waals surface area contributed by atoms with Gasteiger partial charge in [0.25, 0.3) is 0 Å². The summed E-state index contributed by atoms with van der Waals surface area (Å²) in [6.45, 7) is 3.83. The van der Waals surface area contributed by atoms with Crippen LogP contribution in [0.3, 0.4) is 0 Å². The van der Waals surface area contributed by atoms with Gasteiger partial charge in [0.1, 0.15) is 12.1 Å². The molecule has 0 aliphatic carbocycles. The van der Waals surface area contributed by atoms with E-state index in [1.165, 1.54) is 0 Å². The van der Waals surface area contributed by atoms with Crippen molar-refractivity contribution in [1.82, 2.24) is 25.4 Å². The summed E-state index contributed by atoms with van der Waals surface area (Å²) in [6, 6.07) is 6.71. The molecule has 0 bridgehead atoms. The molecular formula is C16H23N5O2. The number of carbonyl (C=O) groups is 1. The van der Waals surface area contributed by atoms with Gasteiger partial charge in [-0.2, -0.15) is 0 Å².